The summed E-state index contributed by atoms with van der Waals surface area (Å²) in [4.78, 5) is 11.1. The van der Waals surface area contributed by atoms with Crippen LogP contribution in [-0.4, -0.2) is 54.2 Å². The van der Waals surface area contributed by atoms with E-state index in [-0.39, 0.29) is 5.75 Å². The van der Waals surface area contributed by atoms with Gasteiger partial charge in [-0.25, -0.2) is 9.97 Å². The van der Waals surface area contributed by atoms with Gasteiger partial charge in [0.25, 0.3) is 0 Å². The molecular weight excluding hydrogens is 322 g/mol. The Labute approximate surface area is 145 Å². The predicted octanol–water partition coefficient (Wildman–Crippen LogP) is 1.05. The van der Waals surface area contributed by atoms with Crippen LogP contribution in [0.2, 0.25) is 0 Å². The van der Waals surface area contributed by atoms with Crippen molar-refractivity contribution in [3.8, 4) is 11.5 Å². The van der Waals surface area contributed by atoms with Crippen LogP contribution in [0.5, 0.6) is 11.5 Å². The molecule has 3 rings (SSSR count). The van der Waals surface area contributed by atoms with Gasteiger partial charge in [0, 0.05) is 24.7 Å². The summed E-state index contributed by atoms with van der Waals surface area (Å²) in [7, 11) is 1.49. The Hall–Kier alpha value is -2.87. The number of nitrogens with zero attached hydrogens (tertiary/aromatic N) is 4. The van der Waals surface area contributed by atoms with Crippen molar-refractivity contribution < 1.29 is 14.6 Å². The molecule has 0 saturated carbocycles. The molecule has 132 valence electrons. The molecule has 0 radical (unpaired) electrons. The molecular formula is C17H21N5O3. The third-order valence-electron chi connectivity index (χ3n) is 4.01. The maximum atomic E-state index is 10.4. The molecule has 0 aliphatic carbocycles. The van der Waals surface area contributed by atoms with Gasteiger partial charge in [0.05, 0.1) is 26.0 Å². The van der Waals surface area contributed by atoms with Gasteiger partial charge in [-0.2, -0.15) is 5.10 Å². The largest absolute Gasteiger partial charge is 0.504 e. The van der Waals surface area contributed by atoms with Crippen molar-refractivity contribution in [1.29, 1.82) is 0 Å². The van der Waals surface area contributed by atoms with E-state index in [1.807, 2.05) is 13.0 Å². The number of aromatic nitrogens is 2. The van der Waals surface area contributed by atoms with Gasteiger partial charge in [-0.05, 0) is 19.1 Å². The first kappa shape index (κ1) is 17.0. The first-order valence-corrected chi connectivity index (χ1v) is 7.97. The number of phenols is 1. The minimum Gasteiger partial charge on any atom is -0.504 e. The number of aryl methyl sites for hydroxylation is 1. The number of aromatic hydroxyl groups is 1. The fourth-order valence-corrected chi connectivity index (χ4v) is 2.78. The van der Waals surface area contributed by atoms with E-state index in [1.165, 1.54) is 7.11 Å². The highest BCUT2D eigenvalue weighted by Crippen LogP contribution is 2.31. The Kier molecular flexibility index (Phi) is 4.99. The van der Waals surface area contributed by atoms with Crippen LogP contribution >= 0.6 is 0 Å². The highest BCUT2D eigenvalue weighted by Gasteiger charge is 2.20. The second-order valence-electron chi connectivity index (χ2n) is 5.59. The number of morpholine rings is 1. The number of para-hydroxylation sites is 1. The van der Waals surface area contributed by atoms with E-state index in [0.29, 0.717) is 41.8 Å². The summed E-state index contributed by atoms with van der Waals surface area (Å²) in [6.07, 6.45) is 0. The van der Waals surface area contributed by atoms with Gasteiger partial charge >= 0.3 is 0 Å². The monoisotopic (exact) mass is 343 g/mol. The summed E-state index contributed by atoms with van der Waals surface area (Å²) in [5.74, 6) is 7.32. The summed E-state index contributed by atoms with van der Waals surface area (Å²) in [6.45, 7) is 4.65. The van der Waals surface area contributed by atoms with Crippen LogP contribution in [0.1, 0.15) is 17.1 Å². The second kappa shape index (κ2) is 7.35. The molecule has 0 bridgehead atoms. The molecule has 1 saturated heterocycles. The molecule has 1 fully saturated rings. The van der Waals surface area contributed by atoms with Crippen LogP contribution in [0.25, 0.3) is 0 Å². The van der Waals surface area contributed by atoms with E-state index >= 15 is 0 Å². The zero-order chi connectivity index (χ0) is 17.8. The Bertz CT molecular complexity index is 788. The summed E-state index contributed by atoms with van der Waals surface area (Å²) in [6, 6.07) is 6.96. The Balaban J connectivity index is 2.03. The van der Waals surface area contributed by atoms with Crippen LogP contribution in [0.15, 0.2) is 29.4 Å². The number of anilines is 1. The average Bonchev–Trinajstić information content (AvgIpc) is 2.64. The number of phenolic OH excluding ortho intramolecular Hbond substituents is 1. The quantitative estimate of drug-likeness (QED) is 0.485. The zero-order valence-electron chi connectivity index (χ0n) is 14.3. The number of hydrazone groups is 1. The van der Waals surface area contributed by atoms with E-state index in [2.05, 4.69) is 20.0 Å². The minimum absolute atomic E-state index is 0.0293. The van der Waals surface area contributed by atoms with Crippen molar-refractivity contribution in [2.24, 2.45) is 10.9 Å². The molecule has 8 nitrogen and oxygen atoms in total. The second-order valence-corrected chi connectivity index (χ2v) is 5.59. The molecule has 0 unspecified atom stereocenters. The Morgan fingerprint density at radius 3 is 2.76 bits per heavy atom. The van der Waals surface area contributed by atoms with Gasteiger partial charge in [0.1, 0.15) is 17.4 Å². The van der Waals surface area contributed by atoms with Crippen molar-refractivity contribution in [3.63, 3.8) is 0 Å². The number of benzene rings is 1. The Morgan fingerprint density at radius 1 is 1.32 bits per heavy atom. The third kappa shape index (κ3) is 3.48. The molecule has 0 spiro atoms. The summed E-state index contributed by atoms with van der Waals surface area (Å²) < 4.78 is 10.5. The van der Waals surface area contributed by atoms with E-state index in [4.69, 9.17) is 15.3 Å². The van der Waals surface area contributed by atoms with Crippen LogP contribution in [-0.2, 0) is 4.74 Å². The number of methoxy groups -OCH3 is 1. The SMILES string of the molecule is COc1cccc(/C(=N\N)c2cc(N3CCOCC3)nc(C)n2)c1O. The fraction of sp³-hybridized carbons (Fsp3) is 0.353. The highest BCUT2D eigenvalue weighted by molar-refractivity contribution is 6.13. The van der Waals surface area contributed by atoms with Gasteiger partial charge in [-0.3, -0.25) is 0 Å². The summed E-state index contributed by atoms with van der Waals surface area (Å²) in [5, 5.41) is 14.3. The van der Waals surface area contributed by atoms with Crippen molar-refractivity contribution in [3.05, 3.63) is 41.3 Å². The normalized spacial score (nSPS) is 15.3. The summed E-state index contributed by atoms with van der Waals surface area (Å²) in [5.41, 5.74) is 1.37. The molecule has 1 aromatic heterocycles. The van der Waals surface area contributed by atoms with Crippen molar-refractivity contribution in [2.75, 3.05) is 38.3 Å². The zero-order valence-corrected chi connectivity index (χ0v) is 14.3. The van der Waals surface area contributed by atoms with Gasteiger partial charge in [0.2, 0.25) is 0 Å². The van der Waals surface area contributed by atoms with Crippen molar-refractivity contribution in [1.82, 2.24) is 9.97 Å². The van der Waals surface area contributed by atoms with Crippen molar-refractivity contribution >= 4 is 11.5 Å². The van der Waals surface area contributed by atoms with Gasteiger partial charge in [-0.15, -0.1) is 0 Å². The van der Waals surface area contributed by atoms with Crippen molar-refractivity contribution in [2.45, 2.75) is 6.92 Å². The van der Waals surface area contributed by atoms with Crippen LogP contribution in [0, 0.1) is 6.92 Å². The molecule has 1 aliphatic rings. The van der Waals surface area contributed by atoms with E-state index in [0.717, 1.165) is 18.9 Å². The average molecular weight is 343 g/mol. The molecule has 25 heavy (non-hydrogen) atoms. The van der Waals surface area contributed by atoms with E-state index in [1.54, 1.807) is 18.2 Å². The smallest absolute Gasteiger partial charge is 0.167 e. The number of nitrogens with two attached hydrogens (primary N) is 1. The third-order valence-corrected chi connectivity index (χ3v) is 4.01. The lowest BCUT2D eigenvalue weighted by Gasteiger charge is -2.28. The predicted molar refractivity (Wildman–Crippen MR) is 94.3 cm³/mol. The maximum Gasteiger partial charge on any atom is 0.167 e. The number of ether oxygens (including phenoxy) is 2. The lowest BCUT2D eigenvalue weighted by Crippen LogP contribution is -2.37. The van der Waals surface area contributed by atoms with Crippen LogP contribution in [0.3, 0.4) is 0 Å². The molecule has 2 heterocycles. The van der Waals surface area contributed by atoms with Gasteiger partial charge < -0.3 is 25.3 Å². The molecule has 2 aromatic rings. The van der Waals surface area contributed by atoms with Crippen LogP contribution in [0.4, 0.5) is 5.82 Å². The lowest BCUT2D eigenvalue weighted by atomic mass is 10.0. The first-order chi connectivity index (χ1) is 12.1. The molecule has 1 aromatic carbocycles. The maximum absolute atomic E-state index is 10.4. The first-order valence-electron chi connectivity index (χ1n) is 7.97. The molecule has 8 heteroatoms. The molecule has 0 atom stereocenters. The lowest BCUT2D eigenvalue weighted by molar-refractivity contribution is 0.122. The number of hydrogen-bond acceptors (Lipinski definition) is 8. The Morgan fingerprint density at radius 2 is 2.08 bits per heavy atom. The van der Waals surface area contributed by atoms with E-state index < -0.39 is 0 Å². The van der Waals surface area contributed by atoms with E-state index in [9.17, 15) is 5.11 Å². The van der Waals surface area contributed by atoms with Gasteiger partial charge in [0.15, 0.2) is 11.5 Å². The topological polar surface area (TPSA) is 106 Å². The standard InChI is InChI=1S/C17H21N5O3/c1-11-19-13(10-15(20-11)22-6-8-25-9-7-22)16(21-18)12-4-3-5-14(24-2)17(12)23/h3-5,10,23H,6-9,18H2,1-2H3/b21-16+. The summed E-state index contributed by atoms with van der Waals surface area (Å²) >= 11 is 0. The number of rotatable bonds is 4. The fourth-order valence-electron chi connectivity index (χ4n) is 2.78. The highest BCUT2D eigenvalue weighted by atomic mass is 16.5. The molecule has 3 N–H and O–H groups in total. The van der Waals surface area contributed by atoms with Gasteiger partial charge in [-0.1, -0.05) is 6.07 Å². The van der Waals surface area contributed by atoms with Crippen LogP contribution < -0.4 is 15.5 Å². The number of hydrogen-bond donors (Lipinski definition) is 2. The molecule has 1 aliphatic heterocycles. The molecule has 0 amide bonds. The minimum atomic E-state index is -0.0293.